The number of benzene rings is 2. The Hall–Kier alpha value is -2.32. The van der Waals surface area contributed by atoms with E-state index in [0.717, 1.165) is 36.8 Å². The van der Waals surface area contributed by atoms with Gasteiger partial charge >= 0.3 is 0 Å². The van der Waals surface area contributed by atoms with Gasteiger partial charge in [0.2, 0.25) is 0 Å². The van der Waals surface area contributed by atoms with E-state index in [2.05, 4.69) is 37.4 Å². The Morgan fingerprint density at radius 3 is 1.61 bits per heavy atom. The minimum atomic E-state index is -0.616. The quantitative estimate of drug-likeness (QED) is 0.332. The van der Waals surface area contributed by atoms with Crippen molar-refractivity contribution in [1.82, 2.24) is 0 Å². The summed E-state index contributed by atoms with van der Waals surface area (Å²) in [6, 6.07) is 20.3. The molecule has 1 heterocycles. The topological polar surface area (TPSA) is 55.4 Å². The highest BCUT2D eigenvalue weighted by atomic mass is 16.8. The summed E-state index contributed by atoms with van der Waals surface area (Å²) in [7, 11) is 0. The van der Waals surface area contributed by atoms with Gasteiger partial charge in [-0.15, -0.1) is 13.2 Å². The van der Waals surface area contributed by atoms with E-state index < -0.39 is 30.2 Å². The van der Waals surface area contributed by atoms with Crippen LogP contribution in [0.2, 0.25) is 0 Å². The van der Waals surface area contributed by atoms with Gasteiger partial charge in [-0.3, -0.25) is 0 Å². The van der Waals surface area contributed by atoms with Crippen LogP contribution in [-0.4, -0.2) is 55.6 Å². The van der Waals surface area contributed by atoms with Crippen LogP contribution in [0.25, 0.3) is 0 Å². The number of ether oxygens (including phenoxy) is 6. The molecule has 2 saturated carbocycles. The molecule has 1 saturated heterocycles. The zero-order valence-electron chi connectivity index (χ0n) is 22.1. The predicted octanol–water partition coefficient (Wildman–Crippen LogP) is 5.76. The molecule has 5 rings (SSSR count). The first-order valence-electron chi connectivity index (χ1n) is 13.8. The van der Waals surface area contributed by atoms with Gasteiger partial charge in [0.25, 0.3) is 0 Å². The molecule has 1 spiro atoms. The molecule has 3 aliphatic rings. The average molecular weight is 521 g/mol. The number of fused-ring (bicyclic) bond motifs is 1. The Morgan fingerprint density at radius 2 is 1.08 bits per heavy atom. The molecule has 6 nitrogen and oxygen atoms in total. The molecule has 38 heavy (non-hydrogen) atoms. The highest BCUT2D eigenvalue weighted by Gasteiger charge is 2.62. The highest BCUT2D eigenvalue weighted by molar-refractivity contribution is 5.16. The van der Waals surface area contributed by atoms with Crippen molar-refractivity contribution in [2.75, 3.05) is 13.2 Å². The SMILES string of the molecule is C=CCO[C@H]1[C@H](OCc2ccccc2)[C@@H](OCc2ccccc2)[C@@H]2OC3(CCCCC3)O[C@@H]2[C@@H]1OCC=C. The molecule has 0 radical (unpaired) electrons. The fourth-order valence-electron chi connectivity index (χ4n) is 5.89. The maximum absolute atomic E-state index is 6.83. The van der Waals surface area contributed by atoms with Crippen LogP contribution in [0.5, 0.6) is 0 Å². The first kappa shape index (κ1) is 27.3. The van der Waals surface area contributed by atoms with Crippen LogP contribution in [0.15, 0.2) is 86.0 Å². The fourth-order valence-corrected chi connectivity index (χ4v) is 5.89. The number of rotatable bonds is 12. The standard InChI is InChI=1S/C32H40O6/c1-3-20-33-26-27(35-22-24-14-8-5-9-15-24)29(36-23-25-16-10-6-11-17-25)31-30(28(26)34-21-4-2)37-32(38-31)18-12-7-13-19-32/h3-6,8-11,14-17,26-31H,1-2,7,12-13,18-23H2/t26-,27-,28+,29+,30+,31-/m0/s1. The third-order valence-corrected chi connectivity index (χ3v) is 7.64. The van der Waals surface area contributed by atoms with Crippen molar-refractivity contribution in [1.29, 1.82) is 0 Å². The zero-order valence-corrected chi connectivity index (χ0v) is 22.1. The van der Waals surface area contributed by atoms with Crippen molar-refractivity contribution in [2.45, 2.75) is 87.7 Å². The summed E-state index contributed by atoms with van der Waals surface area (Å²) < 4.78 is 39.7. The van der Waals surface area contributed by atoms with Gasteiger partial charge in [-0.05, 0) is 24.0 Å². The third kappa shape index (κ3) is 6.28. The smallest absolute Gasteiger partial charge is 0.169 e. The third-order valence-electron chi connectivity index (χ3n) is 7.64. The summed E-state index contributed by atoms with van der Waals surface area (Å²) in [5.41, 5.74) is 2.17. The van der Waals surface area contributed by atoms with Crippen LogP contribution < -0.4 is 0 Å². The van der Waals surface area contributed by atoms with E-state index in [1.807, 2.05) is 36.4 Å². The van der Waals surface area contributed by atoms with Crippen molar-refractivity contribution < 1.29 is 28.4 Å². The van der Waals surface area contributed by atoms with Crippen molar-refractivity contribution in [2.24, 2.45) is 0 Å². The molecule has 2 aliphatic carbocycles. The van der Waals surface area contributed by atoms with E-state index in [0.29, 0.717) is 26.4 Å². The van der Waals surface area contributed by atoms with Gasteiger partial charge in [0.05, 0.1) is 26.4 Å². The van der Waals surface area contributed by atoms with Crippen LogP contribution in [0.4, 0.5) is 0 Å². The summed E-state index contributed by atoms with van der Waals surface area (Å²) in [6.45, 7) is 9.32. The second-order valence-electron chi connectivity index (χ2n) is 10.3. The van der Waals surface area contributed by atoms with E-state index in [4.69, 9.17) is 28.4 Å². The molecule has 3 fully saturated rings. The fraction of sp³-hybridized carbons (Fsp3) is 0.500. The van der Waals surface area contributed by atoms with Gasteiger partial charge in [-0.1, -0.05) is 79.2 Å². The Kier molecular flexibility index (Phi) is 9.44. The van der Waals surface area contributed by atoms with E-state index in [1.54, 1.807) is 12.2 Å². The Morgan fingerprint density at radius 1 is 0.632 bits per heavy atom. The summed E-state index contributed by atoms with van der Waals surface area (Å²) in [6.07, 6.45) is 6.19. The first-order valence-corrected chi connectivity index (χ1v) is 13.8. The molecule has 0 bridgehead atoms. The molecular formula is C32H40O6. The summed E-state index contributed by atoms with van der Waals surface area (Å²) in [4.78, 5) is 0. The van der Waals surface area contributed by atoms with Gasteiger partial charge < -0.3 is 28.4 Å². The molecule has 6 heteroatoms. The lowest BCUT2D eigenvalue weighted by molar-refractivity contribution is -0.244. The Labute approximate surface area is 226 Å². The lowest BCUT2D eigenvalue weighted by Crippen LogP contribution is -2.65. The van der Waals surface area contributed by atoms with Gasteiger partial charge in [0.1, 0.15) is 36.6 Å². The van der Waals surface area contributed by atoms with Gasteiger partial charge in [0.15, 0.2) is 5.79 Å². The molecule has 2 aromatic carbocycles. The Bertz CT molecular complexity index is 1010. The maximum atomic E-state index is 6.83. The van der Waals surface area contributed by atoms with Gasteiger partial charge in [-0.2, -0.15) is 0 Å². The molecule has 0 N–H and O–H groups in total. The molecule has 0 aromatic heterocycles. The minimum absolute atomic E-state index is 0.347. The van der Waals surface area contributed by atoms with Crippen LogP contribution in [0.3, 0.4) is 0 Å². The Balaban J connectivity index is 1.48. The largest absolute Gasteiger partial charge is 0.369 e. The van der Waals surface area contributed by atoms with Gasteiger partial charge in [0, 0.05) is 12.8 Å². The van der Waals surface area contributed by atoms with E-state index >= 15 is 0 Å². The second-order valence-corrected chi connectivity index (χ2v) is 10.3. The number of hydrogen-bond donors (Lipinski definition) is 0. The normalized spacial score (nSPS) is 30.1. The summed E-state index contributed by atoms with van der Waals surface area (Å²) in [5.74, 6) is -0.616. The first-order chi connectivity index (χ1) is 18.7. The van der Waals surface area contributed by atoms with Crippen molar-refractivity contribution in [3.63, 3.8) is 0 Å². The predicted molar refractivity (Wildman–Crippen MR) is 145 cm³/mol. The van der Waals surface area contributed by atoms with E-state index in [1.165, 1.54) is 6.42 Å². The molecule has 1 aliphatic heterocycles. The molecule has 204 valence electrons. The zero-order chi connectivity index (χ0) is 26.2. The summed E-state index contributed by atoms with van der Waals surface area (Å²) in [5, 5.41) is 0. The van der Waals surface area contributed by atoms with Crippen LogP contribution in [0, 0.1) is 0 Å². The van der Waals surface area contributed by atoms with E-state index in [9.17, 15) is 0 Å². The maximum Gasteiger partial charge on any atom is 0.169 e. The molecule has 0 unspecified atom stereocenters. The lowest BCUT2D eigenvalue weighted by Gasteiger charge is -2.46. The van der Waals surface area contributed by atoms with Crippen molar-refractivity contribution in [3.05, 3.63) is 97.1 Å². The monoisotopic (exact) mass is 520 g/mol. The molecule has 0 amide bonds. The van der Waals surface area contributed by atoms with Crippen molar-refractivity contribution >= 4 is 0 Å². The van der Waals surface area contributed by atoms with E-state index in [-0.39, 0.29) is 12.2 Å². The van der Waals surface area contributed by atoms with Gasteiger partial charge in [-0.25, -0.2) is 0 Å². The number of hydrogen-bond acceptors (Lipinski definition) is 6. The summed E-state index contributed by atoms with van der Waals surface area (Å²) >= 11 is 0. The second kappa shape index (κ2) is 13.2. The van der Waals surface area contributed by atoms with Crippen LogP contribution in [0.1, 0.15) is 43.2 Å². The van der Waals surface area contributed by atoms with Crippen LogP contribution in [-0.2, 0) is 41.6 Å². The van der Waals surface area contributed by atoms with Crippen molar-refractivity contribution in [3.8, 4) is 0 Å². The molecular weight excluding hydrogens is 480 g/mol. The lowest BCUT2D eigenvalue weighted by atomic mass is 9.84. The molecule has 2 aromatic rings. The average Bonchev–Trinajstić information content (AvgIpc) is 3.32. The van der Waals surface area contributed by atoms with Crippen LogP contribution >= 0.6 is 0 Å². The highest BCUT2D eigenvalue weighted by Crippen LogP contribution is 2.47. The minimum Gasteiger partial charge on any atom is -0.369 e. The molecule has 6 atom stereocenters.